The van der Waals surface area contributed by atoms with Gasteiger partial charge in [-0.05, 0) is 44.1 Å². The highest BCUT2D eigenvalue weighted by molar-refractivity contribution is 5.01. The third kappa shape index (κ3) is 2.70. The lowest BCUT2D eigenvalue weighted by Crippen LogP contribution is -2.57. The number of nitrogens with zero attached hydrogens (tertiary/aromatic N) is 2. The third-order valence-corrected chi connectivity index (χ3v) is 6.07. The van der Waals surface area contributed by atoms with Crippen molar-refractivity contribution in [1.29, 1.82) is 0 Å². The molecule has 0 aromatic rings. The van der Waals surface area contributed by atoms with Gasteiger partial charge in [0, 0.05) is 32.2 Å². The van der Waals surface area contributed by atoms with Crippen LogP contribution in [0.15, 0.2) is 0 Å². The van der Waals surface area contributed by atoms with Crippen LogP contribution in [0, 0.1) is 5.41 Å². The van der Waals surface area contributed by atoms with E-state index >= 15 is 0 Å². The lowest BCUT2D eigenvalue weighted by Gasteiger charge is -2.51. The fourth-order valence-electron chi connectivity index (χ4n) is 4.84. The van der Waals surface area contributed by atoms with Gasteiger partial charge in [-0.3, -0.25) is 4.90 Å². The van der Waals surface area contributed by atoms with Gasteiger partial charge in [-0.25, -0.2) is 0 Å². The molecule has 2 unspecified atom stereocenters. The fraction of sp³-hybridized carbons (Fsp3) is 1.00. The highest BCUT2D eigenvalue weighted by Gasteiger charge is 2.47. The first-order chi connectivity index (χ1) is 9.23. The first kappa shape index (κ1) is 13.8. The van der Waals surface area contributed by atoms with Gasteiger partial charge >= 0.3 is 0 Å². The highest BCUT2D eigenvalue weighted by Crippen LogP contribution is 2.51. The lowest BCUT2D eigenvalue weighted by molar-refractivity contribution is -0.0418. The molecule has 3 nitrogen and oxygen atoms in total. The molecule has 0 bridgehead atoms. The van der Waals surface area contributed by atoms with Crippen LogP contribution in [0.1, 0.15) is 51.9 Å². The molecule has 1 N–H and O–H groups in total. The molecular formula is C16H30N2O. The van der Waals surface area contributed by atoms with Gasteiger partial charge in [0.1, 0.15) is 0 Å². The smallest absolute Gasteiger partial charge is 0.0555 e. The average molecular weight is 266 g/mol. The van der Waals surface area contributed by atoms with E-state index in [1.165, 1.54) is 64.8 Å². The van der Waals surface area contributed by atoms with Gasteiger partial charge in [0.25, 0.3) is 0 Å². The Balaban J connectivity index is 1.69. The van der Waals surface area contributed by atoms with Crippen LogP contribution in [0.4, 0.5) is 0 Å². The summed E-state index contributed by atoms with van der Waals surface area (Å²) in [6.45, 7) is 8.32. The maximum absolute atomic E-state index is 10.1. The minimum atomic E-state index is -0.0413. The molecule has 3 aliphatic rings. The molecule has 1 saturated heterocycles. The number of likely N-dealkylation sites (N-methyl/N-ethyl adjacent to an activating group) is 1. The Bertz CT molecular complexity index is 293. The summed E-state index contributed by atoms with van der Waals surface area (Å²) in [5.41, 5.74) is 0.563. The second kappa shape index (κ2) is 5.71. The van der Waals surface area contributed by atoms with Gasteiger partial charge in [0.2, 0.25) is 0 Å². The van der Waals surface area contributed by atoms with Crippen LogP contribution < -0.4 is 0 Å². The van der Waals surface area contributed by atoms with Crippen LogP contribution in [0.3, 0.4) is 0 Å². The van der Waals surface area contributed by atoms with Crippen molar-refractivity contribution in [3.63, 3.8) is 0 Å². The predicted molar refractivity (Wildman–Crippen MR) is 78.2 cm³/mol. The molecule has 2 saturated carbocycles. The van der Waals surface area contributed by atoms with Crippen molar-refractivity contribution in [1.82, 2.24) is 9.80 Å². The van der Waals surface area contributed by atoms with E-state index in [4.69, 9.17) is 0 Å². The van der Waals surface area contributed by atoms with Crippen molar-refractivity contribution in [2.45, 2.75) is 64.0 Å². The van der Waals surface area contributed by atoms with E-state index < -0.39 is 0 Å². The molecule has 0 aromatic heterocycles. The summed E-state index contributed by atoms with van der Waals surface area (Å²) in [5, 5.41) is 10.1. The van der Waals surface area contributed by atoms with E-state index in [-0.39, 0.29) is 6.10 Å². The van der Waals surface area contributed by atoms with Crippen molar-refractivity contribution in [2.75, 3.05) is 32.7 Å². The fourth-order valence-corrected chi connectivity index (χ4v) is 4.84. The Morgan fingerprint density at radius 2 is 1.74 bits per heavy atom. The second-order valence-electron chi connectivity index (χ2n) is 6.98. The standard InChI is InChI=1S/C16H30N2O/c1-2-17-9-11-18(12-10-17)15-13-14(19)5-8-16(15)6-3-4-7-16/h14-15,19H,2-13H2,1H3. The van der Waals surface area contributed by atoms with Gasteiger partial charge in [0.15, 0.2) is 0 Å². The molecule has 0 radical (unpaired) electrons. The van der Waals surface area contributed by atoms with E-state index in [0.29, 0.717) is 11.5 Å². The number of aliphatic hydroxyl groups excluding tert-OH is 1. The predicted octanol–water partition coefficient (Wildman–Crippen LogP) is 2.10. The summed E-state index contributed by atoms with van der Waals surface area (Å²) in [6.07, 6.45) is 8.98. The minimum Gasteiger partial charge on any atom is -0.393 e. The van der Waals surface area contributed by atoms with Gasteiger partial charge < -0.3 is 10.0 Å². The number of hydrogen-bond donors (Lipinski definition) is 1. The maximum atomic E-state index is 10.1. The molecule has 0 amide bonds. The first-order valence-corrected chi connectivity index (χ1v) is 8.38. The summed E-state index contributed by atoms with van der Waals surface area (Å²) < 4.78 is 0. The van der Waals surface area contributed by atoms with E-state index in [2.05, 4.69) is 16.7 Å². The van der Waals surface area contributed by atoms with Crippen LogP contribution in [-0.2, 0) is 0 Å². The third-order valence-electron chi connectivity index (χ3n) is 6.07. The molecule has 3 rings (SSSR count). The highest BCUT2D eigenvalue weighted by atomic mass is 16.3. The van der Waals surface area contributed by atoms with Crippen LogP contribution in [-0.4, -0.2) is 59.8 Å². The number of hydrogen-bond acceptors (Lipinski definition) is 3. The zero-order chi connectivity index (χ0) is 13.3. The van der Waals surface area contributed by atoms with Gasteiger partial charge in [-0.15, -0.1) is 0 Å². The molecule has 1 heterocycles. The second-order valence-corrected chi connectivity index (χ2v) is 6.98. The Morgan fingerprint density at radius 3 is 2.37 bits per heavy atom. The molecule has 1 aliphatic heterocycles. The molecule has 2 aliphatic carbocycles. The Labute approximate surface area is 118 Å². The monoisotopic (exact) mass is 266 g/mol. The summed E-state index contributed by atoms with van der Waals surface area (Å²) in [5.74, 6) is 0. The van der Waals surface area contributed by atoms with Gasteiger partial charge in [-0.1, -0.05) is 19.8 Å². The van der Waals surface area contributed by atoms with Crippen molar-refractivity contribution in [3.05, 3.63) is 0 Å². The molecule has 0 aromatic carbocycles. The molecule has 110 valence electrons. The Kier molecular flexibility index (Phi) is 4.16. The quantitative estimate of drug-likeness (QED) is 0.829. The van der Waals surface area contributed by atoms with Crippen molar-refractivity contribution in [3.8, 4) is 0 Å². The van der Waals surface area contributed by atoms with Crippen LogP contribution in [0.5, 0.6) is 0 Å². The number of rotatable bonds is 2. The van der Waals surface area contributed by atoms with Crippen molar-refractivity contribution in [2.24, 2.45) is 5.41 Å². The van der Waals surface area contributed by atoms with Crippen LogP contribution in [0.2, 0.25) is 0 Å². The first-order valence-electron chi connectivity index (χ1n) is 8.38. The Morgan fingerprint density at radius 1 is 1.05 bits per heavy atom. The van der Waals surface area contributed by atoms with Crippen LogP contribution in [0.25, 0.3) is 0 Å². The molecule has 3 fully saturated rings. The van der Waals surface area contributed by atoms with E-state index in [1.807, 2.05) is 0 Å². The molecule has 3 heteroatoms. The Hall–Kier alpha value is -0.120. The maximum Gasteiger partial charge on any atom is 0.0555 e. The largest absolute Gasteiger partial charge is 0.393 e. The molecule has 19 heavy (non-hydrogen) atoms. The van der Waals surface area contributed by atoms with Gasteiger partial charge in [0.05, 0.1) is 6.10 Å². The van der Waals surface area contributed by atoms with Crippen molar-refractivity contribution < 1.29 is 5.11 Å². The van der Waals surface area contributed by atoms with Crippen LogP contribution >= 0.6 is 0 Å². The summed E-state index contributed by atoms with van der Waals surface area (Å²) in [4.78, 5) is 5.27. The molecule has 1 spiro atoms. The average Bonchev–Trinajstić information content (AvgIpc) is 2.91. The van der Waals surface area contributed by atoms with E-state index in [1.54, 1.807) is 0 Å². The summed E-state index contributed by atoms with van der Waals surface area (Å²) in [6, 6.07) is 0.665. The molecule has 2 atom stereocenters. The SMILES string of the molecule is CCN1CCN(C2CC(O)CCC23CCCC3)CC1. The minimum absolute atomic E-state index is 0.0413. The zero-order valence-electron chi connectivity index (χ0n) is 12.5. The number of aliphatic hydroxyl groups is 1. The zero-order valence-corrected chi connectivity index (χ0v) is 12.5. The van der Waals surface area contributed by atoms with Gasteiger partial charge in [-0.2, -0.15) is 0 Å². The lowest BCUT2D eigenvalue weighted by atomic mass is 9.67. The number of piperazine rings is 1. The van der Waals surface area contributed by atoms with E-state index in [9.17, 15) is 5.11 Å². The molecular weight excluding hydrogens is 236 g/mol. The van der Waals surface area contributed by atoms with Crippen molar-refractivity contribution >= 4 is 0 Å². The summed E-state index contributed by atoms with van der Waals surface area (Å²) in [7, 11) is 0. The topological polar surface area (TPSA) is 26.7 Å². The summed E-state index contributed by atoms with van der Waals surface area (Å²) >= 11 is 0. The normalized spacial score (nSPS) is 36.9. The van der Waals surface area contributed by atoms with E-state index in [0.717, 1.165) is 12.8 Å².